The standard InChI is InChI=1S/C25H28ClN5OS/c1-17-7-8-18(2)21(15-17)30-11-13-31(14-12-30)22-9-10-27-25(28-22)33-16-23(32)29-24-19(3)5-4-6-20(24)26/h4-10,15H,11-14,16H2,1-3H3,(H,29,32). The topological polar surface area (TPSA) is 61.4 Å². The summed E-state index contributed by atoms with van der Waals surface area (Å²) < 4.78 is 0. The molecule has 1 aliphatic heterocycles. The van der Waals surface area contributed by atoms with Crippen molar-refractivity contribution in [2.45, 2.75) is 25.9 Å². The Hall–Kier alpha value is -2.77. The summed E-state index contributed by atoms with van der Waals surface area (Å²) in [6.07, 6.45) is 1.76. The van der Waals surface area contributed by atoms with Gasteiger partial charge in [0.25, 0.3) is 0 Å². The van der Waals surface area contributed by atoms with E-state index < -0.39 is 0 Å². The highest BCUT2D eigenvalue weighted by Gasteiger charge is 2.20. The number of para-hydroxylation sites is 1. The number of nitrogens with one attached hydrogen (secondary N) is 1. The van der Waals surface area contributed by atoms with E-state index in [-0.39, 0.29) is 11.7 Å². The number of rotatable bonds is 6. The SMILES string of the molecule is Cc1ccc(C)c(N2CCN(c3ccnc(SCC(=O)Nc4c(C)cccc4Cl)n3)CC2)c1. The van der Waals surface area contributed by atoms with Crippen LogP contribution in [0.1, 0.15) is 16.7 Å². The number of hydrogen-bond acceptors (Lipinski definition) is 6. The average molecular weight is 482 g/mol. The molecule has 1 N–H and O–H groups in total. The smallest absolute Gasteiger partial charge is 0.234 e. The number of piperazine rings is 1. The van der Waals surface area contributed by atoms with Gasteiger partial charge in [-0.15, -0.1) is 0 Å². The van der Waals surface area contributed by atoms with Gasteiger partial charge in [0, 0.05) is 38.1 Å². The monoisotopic (exact) mass is 481 g/mol. The molecule has 3 aromatic rings. The summed E-state index contributed by atoms with van der Waals surface area (Å²) in [6, 6.07) is 14.1. The van der Waals surface area contributed by atoms with E-state index in [9.17, 15) is 4.79 Å². The molecule has 172 valence electrons. The van der Waals surface area contributed by atoms with Crippen molar-refractivity contribution in [2.75, 3.05) is 47.0 Å². The minimum Gasteiger partial charge on any atom is -0.368 e. The molecule has 1 saturated heterocycles. The zero-order valence-corrected chi connectivity index (χ0v) is 20.7. The van der Waals surface area contributed by atoms with Gasteiger partial charge >= 0.3 is 0 Å². The second-order valence-corrected chi connectivity index (χ2v) is 9.58. The zero-order chi connectivity index (χ0) is 23.4. The Kier molecular flexibility index (Phi) is 7.40. The molecule has 6 nitrogen and oxygen atoms in total. The Labute approximate surface area is 204 Å². The minimum absolute atomic E-state index is 0.132. The van der Waals surface area contributed by atoms with Crippen LogP contribution < -0.4 is 15.1 Å². The largest absolute Gasteiger partial charge is 0.368 e. The number of aromatic nitrogens is 2. The third-order valence-electron chi connectivity index (χ3n) is 5.75. The summed E-state index contributed by atoms with van der Waals surface area (Å²) in [6.45, 7) is 9.88. The van der Waals surface area contributed by atoms with Crippen LogP contribution in [-0.4, -0.2) is 47.8 Å². The summed E-state index contributed by atoms with van der Waals surface area (Å²) in [5.74, 6) is 0.983. The number of hydrogen-bond donors (Lipinski definition) is 1. The van der Waals surface area contributed by atoms with E-state index in [0.29, 0.717) is 15.9 Å². The maximum Gasteiger partial charge on any atom is 0.234 e. The highest BCUT2D eigenvalue weighted by Crippen LogP contribution is 2.27. The van der Waals surface area contributed by atoms with Crippen molar-refractivity contribution in [3.63, 3.8) is 0 Å². The second kappa shape index (κ2) is 10.4. The highest BCUT2D eigenvalue weighted by atomic mass is 35.5. The number of carbonyl (C=O) groups is 1. The molecule has 8 heteroatoms. The number of anilines is 3. The molecular formula is C25H28ClN5OS. The Morgan fingerprint density at radius 3 is 2.55 bits per heavy atom. The molecule has 0 radical (unpaired) electrons. The van der Waals surface area contributed by atoms with Gasteiger partial charge in [-0.1, -0.05) is 47.6 Å². The van der Waals surface area contributed by atoms with Crippen molar-refractivity contribution < 1.29 is 4.79 Å². The average Bonchev–Trinajstić information content (AvgIpc) is 2.82. The van der Waals surface area contributed by atoms with Gasteiger partial charge in [0.05, 0.1) is 16.5 Å². The lowest BCUT2D eigenvalue weighted by atomic mass is 10.1. The Morgan fingerprint density at radius 2 is 1.79 bits per heavy atom. The lowest BCUT2D eigenvalue weighted by molar-refractivity contribution is -0.113. The number of nitrogens with zero attached hydrogens (tertiary/aromatic N) is 4. The highest BCUT2D eigenvalue weighted by molar-refractivity contribution is 7.99. The fourth-order valence-electron chi connectivity index (χ4n) is 3.91. The third kappa shape index (κ3) is 5.78. The molecule has 4 rings (SSSR count). The van der Waals surface area contributed by atoms with Crippen LogP contribution in [0.3, 0.4) is 0 Å². The molecule has 33 heavy (non-hydrogen) atoms. The first kappa shape index (κ1) is 23.4. The number of thioether (sulfide) groups is 1. The van der Waals surface area contributed by atoms with Gasteiger partial charge in [0.2, 0.25) is 5.91 Å². The van der Waals surface area contributed by atoms with Crippen LogP contribution in [0.25, 0.3) is 0 Å². The molecule has 1 aliphatic rings. The van der Waals surface area contributed by atoms with E-state index in [2.05, 4.69) is 52.1 Å². The normalized spacial score (nSPS) is 13.8. The van der Waals surface area contributed by atoms with Crippen LogP contribution in [0.15, 0.2) is 53.8 Å². The van der Waals surface area contributed by atoms with E-state index in [1.807, 2.05) is 25.1 Å². The molecule has 0 spiro atoms. The maximum atomic E-state index is 12.4. The first-order chi connectivity index (χ1) is 15.9. The predicted molar refractivity (Wildman–Crippen MR) is 138 cm³/mol. The van der Waals surface area contributed by atoms with Crippen molar-refractivity contribution in [1.29, 1.82) is 0 Å². The summed E-state index contributed by atoms with van der Waals surface area (Å²) in [5.41, 5.74) is 5.48. The summed E-state index contributed by atoms with van der Waals surface area (Å²) in [4.78, 5) is 26.2. The Bertz CT molecular complexity index is 1130. The molecule has 2 aromatic carbocycles. The lowest BCUT2D eigenvalue weighted by Crippen LogP contribution is -2.47. The first-order valence-corrected chi connectivity index (χ1v) is 12.3. The van der Waals surface area contributed by atoms with Gasteiger partial charge < -0.3 is 15.1 Å². The summed E-state index contributed by atoms with van der Waals surface area (Å²) >= 11 is 7.53. The molecular weight excluding hydrogens is 454 g/mol. The van der Waals surface area contributed by atoms with Crippen LogP contribution in [0.2, 0.25) is 5.02 Å². The van der Waals surface area contributed by atoms with Crippen LogP contribution in [0.5, 0.6) is 0 Å². The third-order valence-corrected chi connectivity index (χ3v) is 6.92. The predicted octanol–water partition coefficient (Wildman–Crippen LogP) is 5.11. The molecule has 0 unspecified atom stereocenters. The molecule has 1 aromatic heterocycles. The molecule has 0 bridgehead atoms. The number of carbonyl (C=O) groups excluding carboxylic acids is 1. The number of halogens is 1. The quantitative estimate of drug-likeness (QED) is 0.390. The van der Waals surface area contributed by atoms with Gasteiger partial charge in [0.1, 0.15) is 5.82 Å². The van der Waals surface area contributed by atoms with Crippen molar-refractivity contribution in [3.8, 4) is 0 Å². The van der Waals surface area contributed by atoms with Crippen molar-refractivity contribution in [1.82, 2.24) is 9.97 Å². The molecule has 1 fully saturated rings. The van der Waals surface area contributed by atoms with E-state index in [1.165, 1.54) is 28.6 Å². The first-order valence-electron chi connectivity index (χ1n) is 11.0. The van der Waals surface area contributed by atoms with Crippen molar-refractivity contribution in [3.05, 3.63) is 70.4 Å². The molecule has 2 heterocycles. The molecule has 0 saturated carbocycles. The van der Waals surface area contributed by atoms with Crippen molar-refractivity contribution in [2.24, 2.45) is 0 Å². The Morgan fingerprint density at radius 1 is 1.03 bits per heavy atom. The zero-order valence-electron chi connectivity index (χ0n) is 19.1. The van der Waals surface area contributed by atoms with Crippen molar-refractivity contribution >= 4 is 46.5 Å². The van der Waals surface area contributed by atoms with Gasteiger partial charge in [0.15, 0.2) is 5.16 Å². The van der Waals surface area contributed by atoms with Gasteiger partial charge in [-0.25, -0.2) is 9.97 Å². The van der Waals surface area contributed by atoms with E-state index >= 15 is 0 Å². The Balaban J connectivity index is 1.34. The van der Waals surface area contributed by atoms with Gasteiger partial charge in [-0.05, 0) is 55.7 Å². The van der Waals surface area contributed by atoms with E-state index in [1.54, 1.807) is 12.3 Å². The lowest BCUT2D eigenvalue weighted by Gasteiger charge is -2.37. The van der Waals surface area contributed by atoms with Crippen LogP contribution in [0.4, 0.5) is 17.2 Å². The van der Waals surface area contributed by atoms with Crippen LogP contribution in [-0.2, 0) is 4.79 Å². The van der Waals surface area contributed by atoms with Crippen LogP contribution in [0, 0.1) is 20.8 Å². The number of amides is 1. The van der Waals surface area contributed by atoms with Crippen LogP contribution >= 0.6 is 23.4 Å². The molecule has 1 amide bonds. The van der Waals surface area contributed by atoms with E-state index in [4.69, 9.17) is 16.6 Å². The molecule has 0 aliphatic carbocycles. The van der Waals surface area contributed by atoms with Gasteiger partial charge in [-0.3, -0.25) is 4.79 Å². The van der Waals surface area contributed by atoms with E-state index in [0.717, 1.165) is 37.6 Å². The minimum atomic E-state index is -0.132. The number of aryl methyl sites for hydroxylation is 3. The second-order valence-electron chi connectivity index (χ2n) is 8.23. The summed E-state index contributed by atoms with van der Waals surface area (Å²) in [7, 11) is 0. The van der Waals surface area contributed by atoms with Gasteiger partial charge in [-0.2, -0.15) is 0 Å². The fourth-order valence-corrected chi connectivity index (χ4v) is 4.80. The maximum absolute atomic E-state index is 12.4. The number of benzene rings is 2. The summed E-state index contributed by atoms with van der Waals surface area (Å²) in [5, 5.41) is 4.02. The molecule has 0 atom stereocenters. The fraction of sp³-hybridized carbons (Fsp3) is 0.320.